The number of alkyl halides is 3. The van der Waals surface area contributed by atoms with Gasteiger partial charge in [0.15, 0.2) is 0 Å². The number of amides is 1. The van der Waals surface area contributed by atoms with Crippen LogP contribution in [0.1, 0.15) is 38.5 Å². The van der Waals surface area contributed by atoms with Crippen LogP contribution in [0.25, 0.3) is 0 Å². The average Bonchev–Trinajstić information content (AvgIpc) is 2.46. The Morgan fingerprint density at radius 2 is 1.90 bits per heavy atom. The zero-order valence-corrected chi connectivity index (χ0v) is 12.0. The second-order valence-corrected chi connectivity index (χ2v) is 5.93. The quantitative estimate of drug-likeness (QED) is 0.835. The molecule has 1 saturated heterocycles. The van der Waals surface area contributed by atoms with Crippen LogP contribution in [0.15, 0.2) is 0 Å². The molecule has 2 unspecified atom stereocenters. The SMILES string of the molecule is O=C(COC1CCNCC1)NC1CCCC(C(F)(F)F)C1. The highest BCUT2D eigenvalue weighted by atomic mass is 19.4. The van der Waals surface area contributed by atoms with Crippen LogP contribution >= 0.6 is 0 Å². The molecule has 2 N–H and O–H groups in total. The Morgan fingerprint density at radius 3 is 2.57 bits per heavy atom. The van der Waals surface area contributed by atoms with Crippen LogP contribution in [-0.2, 0) is 9.53 Å². The average molecular weight is 308 g/mol. The summed E-state index contributed by atoms with van der Waals surface area (Å²) in [7, 11) is 0. The zero-order chi connectivity index (χ0) is 15.3. The van der Waals surface area contributed by atoms with Crippen LogP contribution in [0, 0.1) is 5.92 Å². The molecule has 1 heterocycles. The second kappa shape index (κ2) is 7.45. The van der Waals surface area contributed by atoms with E-state index in [9.17, 15) is 18.0 Å². The smallest absolute Gasteiger partial charge is 0.368 e. The van der Waals surface area contributed by atoms with Gasteiger partial charge in [0, 0.05) is 6.04 Å². The molecule has 1 aliphatic carbocycles. The fourth-order valence-corrected chi connectivity index (χ4v) is 3.04. The Kier molecular flexibility index (Phi) is 5.87. The van der Waals surface area contributed by atoms with E-state index < -0.39 is 12.1 Å². The van der Waals surface area contributed by atoms with Crippen LogP contribution in [0.5, 0.6) is 0 Å². The maximum absolute atomic E-state index is 12.7. The second-order valence-electron chi connectivity index (χ2n) is 5.93. The number of halogens is 3. The first kappa shape index (κ1) is 16.5. The third-order valence-corrected chi connectivity index (χ3v) is 4.24. The van der Waals surface area contributed by atoms with Crippen LogP contribution in [-0.4, -0.2) is 43.9 Å². The van der Waals surface area contributed by atoms with Gasteiger partial charge in [-0.1, -0.05) is 6.42 Å². The minimum Gasteiger partial charge on any atom is -0.368 e. The van der Waals surface area contributed by atoms with Gasteiger partial charge in [0.05, 0.1) is 12.0 Å². The van der Waals surface area contributed by atoms with Gasteiger partial charge in [0.1, 0.15) is 6.61 Å². The Labute approximate surface area is 122 Å². The van der Waals surface area contributed by atoms with Crippen molar-refractivity contribution in [1.82, 2.24) is 10.6 Å². The number of hydrogen-bond acceptors (Lipinski definition) is 3. The molecule has 122 valence electrons. The van der Waals surface area contributed by atoms with Crippen molar-refractivity contribution in [3.63, 3.8) is 0 Å². The number of piperidine rings is 1. The number of ether oxygens (including phenoxy) is 1. The van der Waals surface area contributed by atoms with Crippen molar-refractivity contribution in [3.8, 4) is 0 Å². The van der Waals surface area contributed by atoms with E-state index in [1.54, 1.807) is 0 Å². The van der Waals surface area contributed by atoms with Gasteiger partial charge in [-0.05, 0) is 45.2 Å². The third-order valence-electron chi connectivity index (χ3n) is 4.24. The fraction of sp³-hybridized carbons (Fsp3) is 0.929. The van der Waals surface area contributed by atoms with Gasteiger partial charge in [0.25, 0.3) is 0 Å². The number of hydrogen-bond donors (Lipinski definition) is 2. The summed E-state index contributed by atoms with van der Waals surface area (Å²) in [6.45, 7) is 1.70. The van der Waals surface area contributed by atoms with Gasteiger partial charge < -0.3 is 15.4 Å². The van der Waals surface area contributed by atoms with E-state index in [-0.39, 0.29) is 37.5 Å². The molecule has 7 heteroatoms. The Morgan fingerprint density at radius 1 is 1.19 bits per heavy atom. The van der Waals surface area contributed by atoms with Crippen LogP contribution < -0.4 is 10.6 Å². The molecule has 2 fully saturated rings. The maximum atomic E-state index is 12.7. The molecule has 21 heavy (non-hydrogen) atoms. The molecule has 0 aromatic rings. The minimum absolute atomic E-state index is 0.0113. The summed E-state index contributed by atoms with van der Waals surface area (Å²) in [5.41, 5.74) is 0. The summed E-state index contributed by atoms with van der Waals surface area (Å²) in [5.74, 6) is -1.59. The third kappa shape index (κ3) is 5.47. The minimum atomic E-state index is -4.16. The maximum Gasteiger partial charge on any atom is 0.391 e. The molecule has 2 aliphatic rings. The summed E-state index contributed by atoms with van der Waals surface area (Å²) >= 11 is 0. The Balaban J connectivity index is 1.69. The molecule has 0 spiro atoms. The number of rotatable bonds is 4. The largest absolute Gasteiger partial charge is 0.391 e. The summed E-state index contributed by atoms with van der Waals surface area (Å²) in [5, 5.41) is 5.88. The predicted octanol–water partition coefficient (Wildman–Crippen LogP) is 1.99. The molecular weight excluding hydrogens is 285 g/mol. The molecule has 0 aromatic heterocycles. The van der Waals surface area contributed by atoms with Crippen molar-refractivity contribution in [3.05, 3.63) is 0 Å². The van der Waals surface area contributed by atoms with Crippen molar-refractivity contribution in [2.45, 2.75) is 56.8 Å². The topological polar surface area (TPSA) is 50.4 Å². The van der Waals surface area contributed by atoms with E-state index in [0.717, 1.165) is 25.9 Å². The monoisotopic (exact) mass is 308 g/mol. The van der Waals surface area contributed by atoms with Crippen molar-refractivity contribution >= 4 is 5.91 Å². The first-order chi connectivity index (χ1) is 9.95. The summed E-state index contributed by atoms with van der Waals surface area (Å²) in [4.78, 5) is 11.8. The first-order valence-corrected chi connectivity index (χ1v) is 7.63. The molecular formula is C14H23F3N2O2. The highest BCUT2D eigenvalue weighted by Gasteiger charge is 2.42. The Hall–Kier alpha value is -0.820. The van der Waals surface area contributed by atoms with Gasteiger partial charge in [-0.3, -0.25) is 4.79 Å². The van der Waals surface area contributed by atoms with E-state index in [2.05, 4.69) is 10.6 Å². The molecule has 1 aliphatic heterocycles. The van der Waals surface area contributed by atoms with E-state index >= 15 is 0 Å². The lowest BCUT2D eigenvalue weighted by Gasteiger charge is -2.31. The molecule has 1 amide bonds. The first-order valence-electron chi connectivity index (χ1n) is 7.63. The molecule has 0 bridgehead atoms. The van der Waals surface area contributed by atoms with Crippen LogP contribution in [0.3, 0.4) is 0 Å². The molecule has 0 radical (unpaired) electrons. The zero-order valence-electron chi connectivity index (χ0n) is 12.0. The van der Waals surface area contributed by atoms with E-state index in [1.165, 1.54) is 0 Å². The van der Waals surface area contributed by atoms with Crippen LogP contribution in [0.4, 0.5) is 13.2 Å². The lowest BCUT2D eigenvalue weighted by atomic mass is 9.85. The molecule has 1 saturated carbocycles. The van der Waals surface area contributed by atoms with Crippen molar-refractivity contribution in [1.29, 1.82) is 0 Å². The van der Waals surface area contributed by atoms with E-state index in [0.29, 0.717) is 12.8 Å². The lowest BCUT2D eigenvalue weighted by molar-refractivity contribution is -0.184. The van der Waals surface area contributed by atoms with Crippen molar-refractivity contribution < 1.29 is 22.7 Å². The number of carbonyl (C=O) groups excluding carboxylic acids is 1. The lowest BCUT2D eigenvalue weighted by Crippen LogP contribution is -2.43. The molecule has 2 atom stereocenters. The van der Waals surface area contributed by atoms with Crippen LogP contribution in [0.2, 0.25) is 0 Å². The van der Waals surface area contributed by atoms with Crippen molar-refractivity contribution in [2.75, 3.05) is 19.7 Å². The molecule has 4 nitrogen and oxygen atoms in total. The highest BCUT2D eigenvalue weighted by Crippen LogP contribution is 2.37. The highest BCUT2D eigenvalue weighted by molar-refractivity contribution is 5.77. The molecule has 2 rings (SSSR count). The summed E-state index contributed by atoms with van der Waals surface area (Å²) in [6.07, 6.45) is -1.07. The fourth-order valence-electron chi connectivity index (χ4n) is 3.04. The predicted molar refractivity (Wildman–Crippen MR) is 71.8 cm³/mol. The number of carbonyl (C=O) groups is 1. The van der Waals surface area contributed by atoms with Gasteiger partial charge in [-0.25, -0.2) is 0 Å². The van der Waals surface area contributed by atoms with Gasteiger partial charge >= 0.3 is 6.18 Å². The Bertz CT molecular complexity index is 344. The van der Waals surface area contributed by atoms with E-state index in [1.807, 2.05) is 0 Å². The summed E-state index contributed by atoms with van der Waals surface area (Å²) < 4.78 is 43.6. The van der Waals surface area contributed by atoms with Crippen molar-refractivity contribution in [2.24, 2.45) is 5.92 Å². The normalized spacial score (nSPS) is 28.3. The van der Waals surface area contributed by atoms with Gasteiger partial charge in [0.2, 0.25) is 5.91 Å². The van der Waals surface area contributed by atoms with Gasteiger partial charge in [-0.15, -0.1) is 0 Å². The number of nitrogens with one attached hydrogen (secondary N) is 2. The molecule has 0 aromatic carbocycles. The van der Waals surface area contributed by atoms with Gasteiger partial charge in [-0.2, -0.15) is 13.2 Å². The standard InChI is InChI=1S/C14H23F3N2O2/c15-14(16,17)10-2-1-3-11(8-10)19-13(20)9-21-12-4-6-18-7-5-12/h10-12,18H,1-9H2,(H,19,20). The van der Waals surface area contributed by atoms with E-state index in [4.69, 9.17) is 4.74 Å². The summed E-state index contributed by atoms with van der Waals surface area (Å²) in [6, 6.07) is -0.380.